The molecule has 1 aromatic rings. The van der Waals surface area contributed by atoms with E-state index in [1.807, 2.05) is 0 Å². The molecule has 0 aliphatic carbocycles. The fourth-order valence-electron chi connectivity index (χ4n) is 1.11. The lowest BCUT2D eigenvalue weighted by atomic mass is 10.1. The molecule has 1 rings (SSSR count). The van der Waals surface area contributed by atoms with Crippen LogP contribution in [0.1, 0.15) is 23.8 Å². The van der Waals surface area contributed by atoms with Gasteiger partial charge in [-0.2, -0.15) is 5.10 Å². The van der Waals surface area contributed by atoms with Crippen molar-refractivity contribution in [3.63, 3.8) is 0 Å². The Hall–Kier alpha value is -1.85. The highest BCUT2D eigenvalue weighted by Crippen LogP contribution is 2.00. The molecule has 1 heterocycles. The highest BCUT2D eigenvalue weighted by Gasteiger charge is 2.10. The first-order chi connectivity index (χ1) is 7.09. The maximum absolute atomic E-state index is 11.4. The van der Waals surface area contributed by atoms with E-state index >= 15 is 0 Å². The van der Waals surface area contributed by atoms with Gasteiger partial charge in [-0.3, -0.25) is 14.7 Å². The Labute approximate surface area is 86.7 Å². The minimum atomic E-state index is -0.863. The van der Waals surface area contributed by atoms with Gasteiger partial charge >= 0.3 is 5.97 Å². The minimum absolute atomic E-state index is 0.0449. The molecule has 1 aromatic heterocycles. The van der Waals surface area contributed by atoms with E-state index in [2.05, 4.69) is 15.5 Å². The Kier molecular flexibility index (Phi) is 3.84. The van der Waals surface area contributed by atoms with Crippen LogP contribution in [-0.4, -0.2) is 33.7 Å². The van der Waals surface area contributed by atoms with Crippen molar-refractivity contribution in [2.75, 3.05) is 6.54 Å². The van der Waals surface area contributed by atoms with Gasteiger partial charge in [0.1, 0.15) is 5.69 Å². The molecule has 82 valence electrons. The number of hydrogen-bond acceptors (Lipinski definition) is 3. The molecule has 0 aliphatic heterocycles. The average molecular weight is 211 g/mol. The van der Waals surface area contributed by atoms with Crippen LogP contribution in [0.25, 0.3) is 0 Å². The first-order valence-electron chi connectivity index (χ1n) is 4.59. The van der Waals surface area contributed by atoms with E-state index in [1.54, 1.807) is 13.0 Å². The Bertz CT molecular complexity index is 334. The molecule has 0 saturated heterocycles. The predicted octanol–water partition coefficient (Wildman–Crippen LogP) is 0.250. The lowest BCUT2D eigenvalue weighted by Crippen LogP contribution is -2.29. The van der Waals surface area contributed by atoms with E-state index in [0.717, 1.165) is 0 Å². The Morgan fingerprint density at radius 1 is 1.67 bits per heavy atom. The molecule has 0 aromatic carbocycles. The maximum Gasteiger partial charge on any atom is 0.303 e. The topological polar surface area (TPSA) is 95.1 Å². The fraction of sp³-hybridized carbons (Fsp3) is 0.444. The summed E-state index contributed by atoms with van der Waals surface area (Å²) in [5, 5.41) is 17.3. The van der Waals surface area contributed by atoms with Crippen molar-refractivity contribution in [1.82, 2.24) is 15.5 Å². The number of amides is 1. The van der Waals surface area contributed by atoms with Gasteiger partial charge in [-0.05, 0) is 12.0 Å². The van der Waals surface area contributed by atoms with Crippen molar-refractivity contribution in [1.29, 1.82) is 0 Å². The minimum Gasteiger partial charge on any atom is -0.481 e. The Morgan fingerprint density at radius 2 is 2.40 bits per heavy atom. The monoisotopic (exact) mass is 211 g/mol. The zero-order valence-electron chi connectivity index (χ0n) is 8.36. The number of carboxylic acid groups (broad SMARTS) is 1. The molecular formula is C9H13N3O3. The predicted molar refractivity (Wildman–Crippen MR) is 52.3 cm³/mol. The fourth-order valence-corrected chi connectivity index (χ4v) is 1.11. The van der Waals surface area contributed by atoms with Crippen LogP contribution in [0.3, 0.4) is 0 Å². The molecule has 0 bridgehead atoms. The van der Waals surface area contributed by atoms with E-state index in [1.165, 1.54) is 6.20 Å². The normalized spacial score (nSPS) is 12.1. The molecule has 6 heteroatoms. The number of carbonyl (C=O) groups is 2. The largest absolute Gasteiger partial charge is 0.481 e. The van der Waals surface area contributed by atoms with Gasteiger partial charge in [0.2, 0.25) is 0 Å². The molecule has 3 N–H and O–H groups in total. The molecule has 0 saturated carbocycles. The van der Waals surface area contributed by atoms with E-state index < -0.39 is 5.97 Å². The number of aliphatic carboxylic acids is 1. The number of carbonyl (C=O) groups excluding carboxylic acids is 1. The molecule has 0 spiro atoms. The molecule has 1 amide bonds. The summed E-state index contributed by atoms with van der Waals surface area (Å²) < 4.78 is 0. The number of aromatic amines is 1. The van der Waals surface area contributed by atoms with E-state index in [0.29, 0.717) is 12.2 Å². The highest BCUT2D eigenvalue weighted by atomic mass is 16.4. The van der Waals surface area contributed by atoms with Gasteiger partial charge in [-0.25, -0.2) is 0 Å². The van der Waals surface area contributed by atoms with Crippen LogP contribution >= 0.6 is 0 Å². The van der Waals surface area contributed by atoms with Crippen LogP contribution in [0.5, 0.6) is 0 Å². The number of nitrogens with one attached hydrogen (secondary N) is 2. The van der Waals surface area contributed by atoms with Crippen LogP contribution in [0, 0.1) is 5.92 Å². The van der Waals surface area contributed by atoms with E-state index in [4.69, 9.17) is 5.11 Å². The van der Waals surface area contributed by atoms with E-state index in [9.17, 15) is 9.59 Å². The van der Waals surface area contributed by atoms with Gasteiger partial charge in [-0.1, -0.05) is 6.92 Å². The summed E-state index contributed by atoms with van der Waals surface area (Å²) in [6, 6.07) is 1.55. The molecule has 0 aliphatic rings. The number of nitrogens with zero attached hydrogens (tertiary/aromatic N) is 1. The third kappa shape index (κ3) is 3.80. The Morgan fingerprint density at radius 3 is 2.93 bits per heavy atom. The summed E-state index contributed by atoms with van der Waals surface area (Å²) in [7, 11) is 0. The average Bonchev–Trinajstić information content (AvgIpc) is 2.65. The maximum atomic E-state index is 11.4. The summed E-state index contributed by atoms with van der Waals surface area (Å²) in [6.07, 6.45) is 1.53. The van der Waals surface area contributed by atoms with Gasteiger partial charge in [0, 0.05) is 19.2 Å². The number of carboxylic acids is 1. The summed E-state index contributed by atoms with van der Waals surface area (Å²) in [6.45, 7) is 2.10. The third-order valence-electron chi connectivity index (χ3n) is 1.88. The van der Waals surface area contributed by atoms with Crippen molar-refractivity contribution >= 4 is 11.9 Å². The van der Waals surface area contributed by atoms with Gasteiger partial charge in [0.25, 0.3) is 5.91 Å². The van der Waals surface area contributed by atoms with Crippen molar-refractivity contribution in [2.45, 2.75) is 13.3 Å². The van der Waals surface area contributed by atoms with Crippen molar-refractivity contribution in [3.8, 4) is 0 Å². The van der Waals surface area contributed by atoms with Crippen molar-refractivity contribution in [3.05, 3.63) is 18.0 Å². The number of aromatic nitrogens is 2. The summed E-state index contributed by atoms with van der Waals surface area (Å²) in [5.74, 6) is -1.22. The summed E-state index contributed by atoms with van der Waals surface area (Å²) in [4.78, 5) is 21.7. The molecule has 1 atom stereocenters. The smallest absolute Gasteiger partial charge is 0.303 e. The second-order valence-electron chi connectivity index (χ2n) is 3.38. The summed E-state index contributed by atoms with van der Waals surface area (Å²) >= 11 is 0. The van der Waals surface area contributed by atoms with Crippen LogP contribution in [0.4, 0.5) is 0 Å². The number of rotatable bonds is 5. The molecule has 15 heavy (non-hydrogen) atoms. The highest BCUT2D eigenvalue weighted by molar-refractivity contribution is 5.92. The Balaban J connectivity index is 2.31. The molecule has 6 nitrogen and oxygen atoms in total. The van der Waals surface area contributed by atoms with Crippen LogP contribution < -0.4 is 5.32 Å². The standard InChI is InChI=1S/C9H13N3O3/c1-6(4-8(13)14)5-10-9(15)7-2-3-11-12-7/h2-3,6H,4-5H2,1H3,(H,10,15)(H,11,12)(H,13,14). The van der Waals surface area contributed by atoms with Crippen LogP contribution in [0.2, 0.25) is 0 Å². The molecule has 0 radical (unpaired) electrons. The van der Waals surface area contributed by atoms with Crippen molar-refractivity contribution in [2.24, 2.45) is 5.92 Å². The molecule has 0 fully saturated rings. The summed E-state index contributed by atoms with van der Waals surface area (Å²) in [5.41, 5.74) is 0.373. The van der Waals surface area contributed by atoms with Crippen LogP contribution in [-0.2, 0) is 4.79 Å². The molecular weight excluding hydrogens is 198 g/mol. The first-order valence-corrected chi connectivity index (χ1v) is 4.59. The van der Waals surface area contributed by atoms with Crippen LogP contribution in [0.15, 0.2) is 12.3 Å². The second-order valence-corrected chi connectivity index (χ2v) is 3.38. The first kappa shape index (κ1) is 11.2. The van der Waals surface area contributed by atoms with Gasteiger partial charge < -0.3 is 10.4 Å². The van der Waals surface area contributed by atoms with Gasteiger partial charge in [0.15, 0.2) is 0 Å². The zero-order chi connectivity index (χ0) is 11.3. The van der Waals surface area contributed by atoms with Gasteiger partial charge in [-0.15, -0.1) is 0 Å². The third-order valence-corrected chi connectivity index (χ3v) is 1.88. The molecule has 1 unspecified atom stereocenters. The quantitative estimate of drug-likeness (QED) is 0.650. The number of hydrogen-bond donors (Lipinski definition) is 3. The second kappa shape index (κ2) is 5.14. The van der Waals surface area contributed by atoms with E-state index in [-0.39, 0.29) is 18.2 Å². The lowest BCUT2D eigenvalue weighted by Gasteiger charge is -2.09. The van der Waals surface area contributed by atoms with Gasteiger partial charge in [0.05, 0.1) is 0 Å². The SMILES string of the molecule is CC(CNC(=O)c1ccn[nH]1)CC(=O)O. The number of H-pyrrole nitrogens is 1. The zero-order valence-corrected chi connectivity index (χ0v) is 8.36. The van der Waals surface area contributed by atoms with Crippen molar-refractivity contribution < 1.29 is 14.7 Å². The lowest BCUT2D eigenvalue weighted by molar-refractivity contribution is -0.137.